The fraction of sp³-hybridized carbons (Fsp3) is 0.273. The van der Waals surface area contributed by atoms with Crippen LogP contribution >= 0.6 is 0 Å². The lowest BCUT2D eigenvalue weighted by Gasteiger charge is -2.28. The van der Waals surface area contributed by atoms with E-state index < -0.39 is 29.7 Å². The second kappa shape index (κ2) is 12.6. The Morgan fingerprint density at radius 2 is 1.65 bits per heavy atom. The van der Waals surface area contributed by atoms with Gasteiger partial charge >= 0.3 is 6.18 Å². The van der Waals surface area contributed by atoms with Crippen LogP contribution in [0.3, 0.4) is 0 Å². The molecule has 2 heterocycles. The monoisotopic (exact) mass is 635 g/mol. The van der Waals surface area contributed by atoms with Crippen LogP contribution in [0.25, 0.3) is 5.69 Å². The molecule has 0 saturated heterocycles. The summed E-state index contributed by atoms with van der Waals surface area (Å²) in [5, 5.41) is 6.75. The number of anilines is 1. The van der Waals surface area contributed by atoms with Crippen LogP contribution in [0, 0.1) is 0 Å². The van der Waals surface area contributed by atoms with Gasteiger partial charge in [0.05, 0.1) is 31.5 Å². The average molecular weight is 636 g/mol. The number of benzene rings is 3. The number of hydrogen-bond donors (Lipinski definition) is 1. The number of nitrogens with one attached hydrogen (secondary N) is 1. The van der Waals surface area contributed by atoms with E-state index >= 15 is 0 Å². The van der Waals surface area contributed by atoms with Gasteiger partial charge in [-0.1, -0.05) is 12.1 Å². The molecule has 4 aromatic rings. The molecule has 1 N–H and O–H groups in total. The first-order valence-corrected chi connectivity index (χ1v) is 14.3. The van der Waals surface area contributed by atoms with Crippen LogP contribution < -0.4 is 19.7 Å². The van der Waals surface area contributed by atoms with Crippen molar-refractivity contribution in [2.75, 3.05) is 39.8 Å². The van der Waals surface area contributed by atoms with Gasteiger partial charge < -0.3 is 24.6 Å². The Bertz CT molecular complexity index is 1800. The molecule has 1 aliphatic rings. The number of methoxy groups -OCH3 is 2. The predicted molar refractivity (Wildman–Crippen MR) is 164 cm³/mol. The van der Waals surface area contributed by atoms with E-state index in [9.17, 15) is 27.6 Å². The minimum Gasteiger partial charge on any atom is -0.497 e. The summed E-state index contributed by atoms with van der Waals surface area (Å²) in [5.74, 6) is -0.727. The quantitative estimate of drug-likeness (QED) is 0.282. The minimum atomic E-state index is -4.86. The van der Waals surface area contributed by atoms with Gasteiger partial charge in [0, 0.05) is 37.5 Å². The van der Waals surface area contributed by atoms with Gasteiger partial charge in [0.1, 0.15) is 17.2 Å². The molecule has 1 aromatic heterocycles. The molecule has 0 aliphatic carbocycles. The number of aromatic nitrogens is 2. The summed E-state index contributed by atoms with van der Waals surface area (Å²) in [5.41, 5.74) is -0.347. The molecular weight excluding hydrogens is 603 g/mol. The van der Waals surface area contributed by atoms with E-state index in [0.29, 0.717) is 17.0 Å². The summed E-state index contributed by atoms with van der Waals surface area (Å²) in [6.07, 6.45) is -5.00. The lowest BCUT2D eigenvalue weighted by Crippen LogP contribution is -2.39. The van der Waals surface area contributed by atoms with Gasteiger partial charge in [-0.15, -0.1) is 0 Å². The van der Waals surface area contributed by atoms with Crippen molar-refractivity contribution in [3.8, 4) is 17.2 Å². The fourth-order valence-corrected chi connectivity index (χ4v) is 5.33. The van der Waals surface area contributed by atoms with Crippen molar-refractivity contribution in [1.29, 1.82) is 0 Å². The maximum atomic E-state index is 14.3. The Hall–Kier alpha value is -5.33. The Labute approximate surface area is 263 Å². The number of rotatable bonds is 8. The van der Waals surface area contributed by atoms with Gasteiger partial charge in [-0.25, -0.2) is 4.68 Å². The molecular formula is C33H32F3N5O5. The number of nitrogens with zero attached hydrogens (tertiary/aromatic N) is 4. The molecule has 240 valence electrons. The van der Waals surface area contributed by atoms with Crippen LogP contribution in [-0.2, 0) is 12.6 Å². The molecule has 5 rings (SSSR count). The number of hydrogen-bond acceptors (Lipinski definition) is 6. The van der Waals surface area contributed by atoms with E-state index in [1.54, 1.807) is 69.6 Å². The van der Waals surface area contributed by atoms with Crippen molar-refractivity contribution in [3.63, 3.8) is 0 Å². The zero-order valence-electron chi connectivity index (χ0n) is 25.8. The Morgan fingerprint density at radius 3 is 2.28 bits per heavy atom. The molecule has 0 radical (unpaired) electrons. The molecule has 0 unspecified atom stereocenters. The molecule has 0 fully saturated rings. The van der Waals surface area contributed by atoms with Crippen LogP contribution in [0.2, 0.25) is 0 Å². The van der Waals surface area contributed by atoms with Gasteiger partial charge in [-0.3, -0.25) is 14.4 Å². The first-order valence-electron chi connectivity index (χ1n) is 14.3. The van der Waals surface area contributed by atoms with Crippen molar-refractivity contribution >= 4 is 23.4 Å². The molecule has 3 amide bonds. The third-order valence-corrected chi connectivity index (χ3v) is 7.74. The Balaban J connectivity index is 1.58. The highest BCUT2D eigenvalue weighted by Gasteiger charge is 2.44. The summed E-state index contributed by atoms with van der Waals surface area (Å²) in [6, 6.07) is 17.1. The van der Waals surface area contributed by atoms with Gasteiger partial charge in [0.2, 0.25) is 0 Å². The zero-order chi connectivity index (χ0) is 33.3. The Morgan fingerprint density at radius 1 is 0.978 bits per heavy atom. The molecule has 3 aromatic carbocycles. The SMILES string of the molecule is COc1cccc([C@@H](C)NC(=O)c2cc(OC)ccc2-n2nc(C(F)(F)F)c3c2C(=O)N(c2ccc(C(=O)N(C)C)cc2)CC3)c1. The summed E-state index contributed by atoms with van der Waals surface area (Å²) >= 11 is 0. The standard InChI is InChI=1S/C33H32F3N5O5/c1-19(21-7-6-8-23(17-21)45-4)37-30(42)26-18-24(46-5)13-14-27(26)41-28-25(29(38-41)33(34,35)36)15-16-40(32(28)44)22-11-9-20(10-12-22)31(43)39(2)3/h6-14,17-19H,15-16H2,1-5H3,(H,37,42)/t19-/m1/s1. The van der Waals surface area contributed by atoms with E-state index in [-0.39, 0.29) is 47.1 Å². The van der Waals surface area contributed by atoms with E-state index in [4.69, 9.17) is 9.47 Å². The van der Waals surface area contributed by atoms with Crippen molar-refractivity contribution in [3.05, 3.63) is 100 Å². The van der Waals surface area contributed by atoms with E-state index in [1.165, 1.54) is 42.2 Å². The third kappa shape index (κ3) is 6.12. The average Bonchev–Trinajstić information content (AvgIpc) is 3.45. The maximum Gasteiger partial charge on any atom is 0.435 e. The molecule has 0 spiro atoms. The molecule has 1 aliphatic heterocycles. The summed E-state index contributed by atoms with van der Waals surface area (Å²) in [4.78, 5) is 42.8. The number of amides is 3. The van der Waals surface area contributed by atoms with Crippen LogP contribution in [0.5, 0.6) is 11.5 Å². The second-order valence-corrected chi connectivity index (χ2v) is 10.9. The molecule has 46 heavy (non-hydrogen) atoms. The highest BCUT2D eigenvalue weighted by molar-refractivity contribution is 6.08. The lowest BCUT2D eigenvalue weighted by atomic mass is 10.0. The van der Waals surface area contributed by atoms with Gasteiger partial charge in [-0.05, 0) is 73.5 Å². The third-order valence-electron chi connectivity index (χ3n) is 7.74. The molecule has 1 atom stereocenters. The number of ether oxygens (including phenoxy) is 2. The number of carbonyl (C=O) groups excluding carboxylic acids is 3. The Kier molecular flexibility index (Phi) is 8.77. The van der Waals surface area contributed by atoms with Crippen molar-refractivity contribution in [2.24, 2.45) is 0 Å². The minimum absolute atomic E-state index is 0.0370. The van der Waals surface area contributed by atoms with E-state index in [0.717, 1.165) is 10.2 Å². The highest BCUT2D eigenvalue weighted by Crippen LogP contribution is 2.38. The summed E-state index contributed by atoms with van der Waals surface area (Å²) in [7, 11) is 6.14. The van der Waals surface area contributed by atoms with Crippen LogP contribution in [0.15, 0.2) is 66.7 Å². The molecule has 0 bridgehead atoms. The molecule has 10 nitrogen and oxygen atoms in total. The second-order valence-electron chi connectivity index (χ2n) is 10.9. The van der Waals surface area contributed by atoms with Crippen LogP contribution in [0.4, 0.5) is 18.9 Å². The largest absolute Gasteiger partial charge is 0.497 e. The van der Waals surface area contributed by atoms with Gasteiger partial charge in [0.25, 0.3) is 17.7 Å². The van der Waals surface area contributed by atoms with Gasteiger partial charge in [0.15, 0.2) is 5.69 Å². The number of carbonyl (C=O) groups is 3. The smallest absolute Gasteiger partial charge is 0.435 e. The summed E-state index contributed by atoms with van der Waals surface area (Å²) in [6.45, 7) is 1.71. The molecule has 13 heteroatoms. The van der Waals surface area contributed by atoms with Crippen molar-refractivity contribution in [2.45, 2.75) is 25.6 Å². The first-order chi connectivity index (χ1) is 21.8. The van der Waals surface area contributed by atoms with Crippen molar-refractivity contribution < 1.29 is 37.0 Å². The van der Waals surface area contributed by atoms with Crippen LogP contribution in [0.1, 0.15) is 61.0 Å². The number of alkyl halides is 3. The fourth-order valence-electron chi connectivity index (χ4n) is 5.33. The summed E-state index contributed by atoms with van der Waals surface area (Å²) < 4.78 is 54.4. The van der Waals surface area contributed by atoms with E-state index in [1.807, 2.05) is 0 Å². The van der Waals surface area contributed by atoms with E-state index in [2.05, 4.69) is 10.4 Å². The normalized spacial score (nSPS) is 13.6. The predicted octanol–water partition coefficient (Wildman–Crippen LogP) is 5.30. The van der Waals surface area contributed by atoms with Crippen molar-refractivity contribution in [1.82, 2.24) is 20.0 Å². The lowest BCUT2D eigenvalue weighted by molar-refractivity contribution is -0.141. The van der Waals surface area contributed by atoms with Gasteiger partial charge in [-0.2, -0.15) is 18.3 Å². The topological polar surface area (TPSA) is 106 Å². The zero-order valence-corrected chi connectivity index (χ0v) is 25.8. The number of fused-ring (bicyclic) bond motifs is 1. The molecule has 0 saturated carbocycles. The highest BCUT2D eigenvalue weighted by atomic mass is 19.4. The first kappa shape index (κ1) is 32.1. The van der Waals surface area contributed by atoms with Crippen LogP contribution in [-0.4, -0.2) is 67.3 Å². The maximum absolute atomic E-state index is 14.3. The number of halogens is 3.